The number of aromatic nitrogens is 2. The highest BCUT2D eigenvalue weighted by Crippen LogP contribution is 2.12. The molecule has 19 heavy (non-hydrogen) atoms. The van der Waals surface area contributed by atoms with Crippen molar-refractivity contribution in [2.45, 2.75) is 13.5 Å². The van der Waals surface area contributed by atoms with Gasteiger partial charge in [-0.1, -0.05) is 17.9 Å². The van der Waals surface area contributed by atoms with Gasteiger partial charge in [0, 0.05) is 11.8 Å². The molecule has 0 atom stereocenters. The van der Waals surface area contributed by atoms with Crippen LogP contribution >= 0.6 is 0 Å². The zero-order valence-electron chi connectivity index (χ0n) is 11.0. The minimum atomic E-state index is 0.365. The fourth-order valence-corrected chi connectivity index (χ4v) is 1.66. The number of hydrogen-bond donors (Lipinski definition) is 1. The van der Waals surface area contributed by atoms with E-state index in [1.807, 2.05) is 48.1 Å². The summed E-state index contributed by atoms with van der Waals surface area (Å²) in [5, 5.41) is 4.30. The summed E-state index contributed by atoms with van der Waals surface area (Å²) < 4.78 is 7.55. The number of aryl methyl sites for hydroxylation is 1. The van der Waals surface area contributed by atoms with Gasteiger partial charge in [-0.25, -0.2) is 0 Å². The van der Waals surface area contributed by atoms with Crippen molar-refractivity contribution in [3.8, 4) is 17.6 Å². The van der Waals surface area contributed by atoms with Crippen molar-refractivity contribution < 1.29 is 4.74 Å². The second-order valence-electron chi connectivity index (χ2n) is 4.10. The van der Waals surface area contributed by atoms with Crippen LogP contribution in [0.25, 0.3) is 0 Å². The first-order valence-electron chi connectivity index (χ1n) is 6.20. The Hall–Kier alpha value is -2.25. The van der Waals surface area contributed by atoms with E-state index in [0.717, 1.165) is 23.6 Å². The summed E-state index contributed by atoms with van der Waals surface area (Å²) >= 11 is 0. The number of benzene rings is 1. The highest BCUT2D eigenvalue weighted by atomic mass is 16.5. The van der Waals surface area contributed by atoms with E-state index in [1.165, 1.54) is 0 Å². The molecule has 0 saturated heterocycles. The molecule has 1 aromatic heterocycles. The molecule has 2 N–H and O–H groups in total. The monoisotopic (exact) mass is 255 g/mol. The first-order valence-corrected chi connectivity index (χ1v) is 6.20. The van der Waals surface area contributed by atoms with Crippen molar-refractivity contribution in [1.29, 1.82) is 0 Å². The number of nitrogens with two attached hydrogens (primary N) is 1. The van der Waals surface area contributed by atoms with Crippen LogP contribution in [0.1, 0.15) is 11.3 Å². The van der Waals surface area contributed by atoms with Crippen LogP contribution in [0.15, 0.2) is 36.5 Å². The van der Waals surface area contributed by atoms with E-state index in [-0.39, 0.29) is 0 Å². The molecule has 0 spiro atoms. The van der Waals surface area contributed by atoms with Crippen LogP contribution in [0.2, 0.25) is 0 Å². The molecule has 4 heteroatoms. The van der Waals surface area contributed by atoms with E-state index in [2.05, 4.69) is 16.9 Å². The summed E-state index contributed by atoms with van der Waals surface area (Å²) in [6, 6.07) is 9.67. The lowest BCUT2D eigenvalue weighted by atomic mass is 10.2. The third kappa shape index (κ3) is 4.16. The van der Waals surface area contributed by atoms with Crippen LogP contribution < -0.4 is 10.5 Å². The Kier molecular flexibility index (Phi) is 4.60. The third-order valence-electron chi connectivity index (χ3n) is 2.53. The van der Waals surface area contributed by atoms with Crippen LogP contribution in [0.4, 0.5) is 0 Å². The highest BCUT2D eigenvalue weighted by Gasteiger charge is 1.97. The van der Waals surface area contributed by atoms with E-state index in [1.54, 1.807) is 0 Å². The van der Waals surface area contributed by atoms with Gasteiger partial charge >= 0.3 is 0 Å². The van der Waals surface area contributed by atoms with Gasteiger partial charge in [0.2, 0.25) is 0 Å². The third-order valence-corrected chi connectivity index (χ3v) is 2.53. The molecule has 1 aromatic carbocycles. The van der Waals surface area contributed by atoms with Gasteiger partial charge in [0.25, 0.3) is 0 Å². The molecule has 0 aliphatic carbocycles. The van der Waals surface area contributed by atoms with Gasteiger partial charge < -0.3 is 10.5 Å². The fraction of sp³-hybridized carbons (Fsp3) is 0.267. The molecule has 0 aliphatic heterocycles. The van der Waals surface area contributed by atoms with E-state index in [4.69, 9.17) is 10.5 Å². The van der Waals surface area contributed by atoms with Gasteiger partial charge in [0.15, 0.2) is 0 Å². The molecule has 4 nitrogen and oxygen atoms in total. The number of rotatable bonds is 4. The topological polar surface area (TPSA) is 53.1 Å². The van der Waals surface area contributed by atoms with E-state index < -0.39 is 0 Å². The van der Waals surface area contributed by atoms with Crippen molar-refractivity contribution in [2.75, 3.05) is 13.2 Å². The zero-order chi connectivity index (χ0) is 13.5. The predicted molar refractivity (Wildman–Crippen MR) is 74.8 cm³/mol. The normalized spacial score (nSPS) is 9.79. The summed E-state index contributed by atoms with van der Waals surface area (Å²) in [5.74, 6) is 6.62. The van der Waals surface area contributed by atoms with Crippen molar-refractivity contribution >= 4 is 0 Å². The Labute approximate surface area is 113 Å². The van der Waals surface area contributed by atoms with Gasteiger partial charge in [0.1, 0.15) is 12.4 Å². The maximum Gasteiger partial charge on any atom is 0.120 e. The first kappa shape index (κ1) is 13.2. The van der Waals surface area contributed by atoms with E-state index in [9.17, 15) is 0 Å². The number of nitrogens with zero attached hydrogens (tertiary/aromatic N) is 2. The lowest BCUT2D eigenvalue weighted by Gasteiger charge is -2.06. The molecule has 1 heterocycles. The molecule has 0 aliphatic rings. The molecule has 98 valence electrons. The predicted octanol–water partition coefficient (Wildman–Crippen LogP) is 1.58. The standard InChI is InChI=1S/C15H17N3O/c1-13-7-9-18(17-13)10-11-19-15-6-2-4-14(12-15)5-3-8-16/h2,4,6-7,9,12H,8,10-11,16H2,1H3. The van der Waals surface area contributed by atoms with Crippen molar-refractivity contribution in [3.63, 3.8) is 0 Å². The van der Waals surface area contributed by atoms with Gasteiger partial charge in [0.05, 0.1) is 18.8 Å². The Bertz CT molecular complexity index is 593. The first-order chi connectivity index (χ1) is 9.28. The lowest BCUT2D eigenvalue weighted by molar-refractivity contribution is 0.291. The quantitative estimate of drug-likeness (QED) is 0.844. The minimum absolute atomic E-state index is 0.365. The van der Waals surface area contributed by atoms with Crippen LogP contribution in [0, 0.1) is 18.8 Å². The molecule has 2 rings (SSSR count). The molecule has 0 bridgehead atoms. The zero-order valence-corrected chi connectivity index (χ0v) is 11.0. The maximum atomic E-state index is 5.68. The van der Waals surface area contributed by atoms with Crippen LogP contribution in [-0.4, -0.2) is 22.9 Å². The molecular formula is C15H17N3O. The molecule has 0 fully saturated rings. The summed E-state index contributed by atoms with van der Waals surface area (Å²) in [7, 11) is 0. The van der Waals surface area contributed by atoms with Gasteiger partial charge in [-0.05, 0) is 31.2 Å². The molecule has 2 aromatic rings. The highest BCUT2D eigenvalue weighted by molar-refractivity contribution is 5.39. The second kappa shape index (κ2) is 6.62. The van der Waals surface area contributed by atoms with E-state index >= 15 is 0 Å². The van der Waals surface area contributed by atoms with Crippen molar-refractivity contribution in [2.24, 2.45) is 5.73 Å². The molecule has 0 amide bonds. The molecule has 0 saturated carbocycles. The van der Waals surface area contributed by atoms with E-state index in [0.29, 0.717) is 13.2 Å². The summed E-state index contributed by atoms with van der Waals surface area (Å²) in [6.45, 7) is 3.64. The Morgan fingerprint density at radius 2 is 2.26 bits per heavy atom. The van der Waals surface area contributed by atoms with Crippen LogP contribution in [0.3, 0.4) is 0 Å². The van der Waals surface area contributed by atoms with Crippen molar-refractivity contribution in [1.82, 2.24) is 9.78 Å². The summed E-state index contributed by atoms with van der Waals surface area (Å²) in [5.41, 5.74) is 7.27. The SMILES string of the molecule is Cc1ccn(CCOc2cccc(C#CCN)c2)n1. The number of ether oxygens (including phenoxy) is 1. The maximum absolute atomic E-state index is 5.68. The molecule has 0 unspecified atom stereocenters. The lowest BCUT2D eigenvalue weighted by Crippen LogP contribution is -2.08. The molecular weight excluding hydrogens is 238 g/mol. The second-order valence-corrected chi connectivity index (χ2v) is 4.10. The summed E-state index contributed by atoms with van der Waals surface area (Å²) in [4.78, 5) is 0. The van der Waals surface area contributed by atoms with Crippen LogP contribution in [0.5, 0.6) is 5.75 Å². The largest absolute Gasteiger partial charge is 0.492 e. The summed E-state index contributed by atoms with van der Waals surface area (Å²) in [6.07, 6.45) is 1.95. The Morgan fingerprint density at radius 1 is 1.37 bits per heavy atom. The van der Waals surface area contributed by atoms with Crippen LogP contribution in [-0.2, 0) is 6.54 Å². The smallest absolute Gasteiger partial charge is 0.120 e. The average molecular weight is 255 g/mol. The van der Waals surface area contributed by atoms with Gasteiger partial charge in [-0.15, -0.1) is 0 Å². The van der Waals surface area contributed by atoms with Crippen molar-refractivity contribution in [3.05, 3.63) is 47.8 Å². The van der Waals surface area contributed by atoms with Gasteiger partial charge in [-0.3, -0.25) is 4.68 Å². The fourth-order valence-electron chi connectivity index (χ4n) is 1.66. The van der Waals surface area contributed by atoms with Gasteiger partial charge in [-0.2, -0.15) is 5.10 Å². The minimum Gasteiger partial charge on any atom is -0.492 e. The average Bonchev–Trinajstić information content (AvgIpc) is 2.83. The molecule has 0 radical (unpaired) electrons. The number of hydrogen-bond acceptors (Lipinski definition) is 3. The Morgan fingerprint density at radius 3 is 3.00 bits per heavy atom. The Balaban J connectivity index is 1.89.